The van der Waals surface area contributed by atoms with Gasteiger partial charge in [-0.3, -0.25) is 9.59 Å². The fourth-order valence-electron chi connectivity index (χ4n) is 3.32. The van der Waals surface area contributed by atoms with Gasteiger partial charge < -0.3 is 19.5 Å². The van der Waals surface area contributed by atoms with E-state index in [-0.39, 0.29) is 27.7 Å². The smallest absolute Gasteiger partial charge is 0.343 e. The van der Waals surface area contributed by atoms with Gasteiger partial charge in [-0.15, -0.1) is 0 Å². The number of nitrogens with zero attached hydrogens (tertiary/aromatic N) is 1. The predicted octanol–water partition coefficient (Wildman–Crippen LogP) is 5.01. The minimum Gasteiger partial charge on any atom is -0.497 e. The molecule has 35 heavy (non-hydrogen) atoms. The summed E-state index contributed by atoms with van der Waals surface area (Å²) in [5.41, 5.74) is 0.752. The van der Waals surface area contributed by atoms with Crippen LogP contribution in [0.1, 0.15) is 10.4 Å². The summed E-state index contributed by atoms with van der Waals surface area (Å²) in [5.74, 6) is -1.04. The van der Waals surface area contributed by atoms with Crippen LogP contribution in [0, 0.1) is 0 Å². The van der Waals surface area contributed by atoms with E-state index in [2.05, 4.69) is 5.32 Å². The number of benzene rings is 3. The van der Waals surface area contributed by atoms with Crippen LogP contribution in [0.2, 0.25) is 5.02 Å². The monoisotopic (exact) mass is 512 g/mol. The average Bonchev–Trinajstić information content (AvgIpc) is 3.08. The first-order chi connectivity index (χ1) is 16.8. The molecule has 4 rings (SSSR count). The van der Waals surface area contributed by atoms with Crippen molar-refractivity contribution < 1.29 is 28.6 Å². The van der Waals surface area contributed by atoms with Crippen LogP contribution in [0.15, 0.2) is 77.5 Å². The number of esters is 1. The SMILES string of the molecule is COc1ccc(OC)c(N2C(=O)C(Cl)=C(Nc3ccc(C(=O)Oc4ccccc4Cl)cc3)C2=O)c1. The first-order valence-electron chi connectivity index (χ1n) is 10.2. The number of imide groups is 1. The normalized spacial score (nSPS) is 13.2. The van der Waals surface area contributed by atoms with Crippen LogP contribution in [0.25, 0.3) is 0 Å². The molecular formula is C25H18Cl2N2O6. The van der Waals surface area contributed by atoms with Crippen LogP contribution in [-0.2, 0) is 9.59 Å². The summed E-state index contributed by atoms with van der Waals surface area (Å²) in [6.45, 7) is 0. The fourth-order valence-corrected chi connectivity index (χ4v) is 3.71. The molecule has 3 aromatic rings. The number of carbonyl (C=O) groups excluding carboxylic acids is 3. The van der Waals surface area contributed by atoms with Gasteiger partial charge in [-0.2, -0.15) is 0 Å². The molecule has 2 amide bonds. The van der Waals surface area contributed by atoms with E-state index in [1.807, 2.05) is 0 Å². The third-order valence-corrected chi connectivity index (χ3v) is 5.75. The van der Waals surface area contributed by atoms with Crippen LogP contribution in [0.4, 0.5) is 11.4 Å². The predicted molar refractivity (Wildman–Crippen MR) is 131 cm³/mol. The summed E-state index contributed by atoms with van der Waals surface area (Å²) in [6.07, 6.45) is 0. The highest BCUT2D eigenvalue weighted by molar-refractivity contribution is 6.53. The first kappa shape index (κ1) is 24.1. The molecule has 3 aromatic carbocycles. The number of methoxy groups -OCH3 is 2. The lowest BCUT2D eigenvalue weighted by atomic mass is 10.2. The van der Waals surface area contributed by atoms with Gasteiger partial charge >= 0.3 is 5.97 Å². The fraction of sp³-hybridized carbons (Fsp3) is 0.0800. The second-order valence-electron chi connectivity index (χ2n) is 7.19. The Kier molecular flexibility index (Phi) is 6.95. The van der Waals surface area contributed by atoms with Gasteiger partial charge in [0.05, 0.1) is 30.5 Å². The van der Waals surface area contributed by atoms with Crippen LogP contribution in [-0.4, -0.2) is 32.0 Å². The lowest BCUT2D eigenvalue weighted by Gasteiger charge is -2.19. The second kappa shape index (κ2) is 10.1. The molecule has 8 nitrogen and oxygen atoms in total. The van der Waals surface area contributed by atoms with Crippen molar-refractivity contribution in [1.82, 2.24) is 0 Å². The van der Waals surface area contributed by atoms with E-state index in [0.717, 1.165) is 4.90 Å². The maximum absolute atomic E-state index is 13.1. The molecule has 0 aromatic heterocycles. The molecule has 178 valence electrons. The third kappa shape index (κ3) is 4.80. The van der Waals surface area contributed by atoms with E-state index in [1.54, 1.807) is 48.5 Å². The number of nitrogens with one attached hydrogen (secondary N) is 1. The van der Waals surface area contributed by atoms with Crippen molar-refractivity contribution in [3.05, 3.63) is 88.0 Å². The number of halogens is 2. The van der Waals surface area contributed by atoms with Crippen molar-refractivity contribution >= 4 is 52.4 Å². The largest absolute Gasteiger partial charge is 0.497 e. The van der Waals surface area contributed by atoms with E-state index in [9.17, 15) is 14.4 Å². The molecule has 10 heteroatoms. The van der Waals surface area contributed by atoms with Crippen molar-refractivity contribution in [2.24, 2.45) is 0 Å². The topological polar surface area (TPSA) is 94.2 Å². The molecule has 1 heterocycles. The Balaban J connectivity index is 1.53. The molecule has 0 saturated heterocycles. The lowest BCUT2D eigenvalue weighted by molar-refractivity contribution is -0.120. The Hall–Kier alpha value is -4.01. The number of ether oxygens (including phenoxy) is 3. The molecule has 0 fully saturated rings. The van der Waals surface area contributed by atoms with Crippen LogP contribution in [0.5, 0.6) is 17.2 Å². The van der Waals surface area contributed by atoms with Gasteiger partial charge in [0.15, 0.2) is 0 Å². The molecule has 1 aliphatic heterocycles. The van der Waals surface area contributed by atoms with Crippen molar-refractivity contribution in [3.63, 3.8) is 0 Å². The molecule has 0 unspecified atom stereocenters. The van der Waals surface area contributed by atoms with Crippen molar-refractivity contribution in [2.75, 3.05) is 24.4 Å². The third-order valence-electron chi connectivity index (χ3n) is 5.08. The highest BCUT2D eigenvalue weighted by atomic mass is 35.5. The zero-order valence-corrected chi connectivity index (χ0v) is 20.0. The van der Waals surface area contributed by atoms with Crippen molar-refractivity contribution in [1.29, 1.82) is 0 Å². The Bertz CT molecular complexity index is 1350. The number of carbonyl (C=O) groups is 3. The van der Waals surface area contributed by atoms with Gasteiger partial charge in [-0.25, -0.2) is 9.69 Å². The molecule has 0 bridgehead atoms. The minimum absolute atomic E-state index is 0.118. The van der Waals surface area contributed by atoms with Gasteiger partial charge in [-0.05, 0) is 48.5 Å². The Morgan fingerprint density at radius 2 is 1.57 bits per heavy atom. The van der Waals surface area contributed by atoms with E-state index < -0.39 is 17.8 Å². The first-order valence-corrected chi connectivity index (χ1v) is 10.9. The molecule has 0 aliphatic carbocycles. The summed E-state index contributed by atoms with van der Waals surface area (Å²) in [5, 5.41) is 2.87. The van der Waals surface area contributed by atoms with E-state index in [4.69, 9.17) is 37.4 Å². The van der Waals surface area contributed by atoms with Gasteiger partial charge in [0, 0.05) is 11.8 Å². The summed E-state index contributed by atoms with van der Waals surface area (Å²) in [6, 6.07) is 17.4. The molecule has 0 saturated carbocycles. The number of amides is 2. The summed E-state index contributed by atoms with van der Waals surface area (Å²) >= 11 is 12.2. The molecule has 0 spiro atoms. The van der Waals surface area contributed by atoms with Crippen LogP contribution < -0.4 is 24.4 Å². The van der Waals surface area contributed by atoms with E-state index in [0.29, 0.717) is 22.2 Å². The lowest BCUT2D eigenvalue weighted by Crippen LogP contribution is -2.32. The quantitative estimate of drug-likeness (QED) is 0.270. The standard InChI is InChI=1S/C25H18Cl2N2O6/c1-33-16-11-12-20(34-2)18(13-16)29-23(30)21(27)22(24(29)31)28-15-9-7-14(8-10-15)25(32)35-19-6-4-3-5-17(19)26/h3-13,28H,1-2H3. The number of rotatable bonds is 7. The number of hydrogen-bond acceptors (Lipinski definition) is 7. The highest BCUT2D eigenvalue weighted by Crippen LogP contribution is 2.38. The van der Waals surface area contributed by atoms with Crippen LogP contribution >= 0.6 is 23.2 Å². The Labute approximate surface area is 210 Å². The average molecular weight is 513 g/mol. The zero-order chi connectivity index (χ0) is 25.1. The number of para-hydroxylation sites is 1. The molecule has 1 N–H and O–H groups in total. The van der Waals surface area contributed by atoms with E-state index >= 15 is 0 Å². The van der Waals surface area contributed by atoms with Gasteiger partial charge in [0.25, 0.3) is 11.8 Å². The second-order valence-corrected chi connectivity index (χ2v) is 7.98. The van der Waals surface area contributed by atoms with Crippen molar-refractivity contribution in [3.8, 4) is 17.2 Å². The van der Waals surface area contributed by atoms with Gasteiger partial charge in [0.2, 0.25) is 0 Å². The van der Waals surface area contributed by atoms with Crippen LogP contribution in [0.3, 0.4) is 0 Å². The minimum atomic E-state index is -0.717. The maximum Gasteiger partial charge on any atom is 0.343 e. The number of hydrogen-bond donors (Lipinski definition) is 1. The Morgan fingerprint density at radius 3 is 2.23 bits per heavy atom. The molecule has 0 radical (unpaired) electrons. The molecule has 1 aliphatic rings. The number of anilines is 2. The maximum atomic E-state index is 13.1. The van der Waals surface area contributed by atoms with Gasteiger partial charge in [0.1, 0.15) is 28.0 Å². The summed E-state index contributed by atoms with van der Waals surface area (Å²) < 4.78 is 15.8. The van der Waals surface area contributed by atoms with Gasteiger partial charge in [-0.1, -0.05) is 35.3 Å². The summed E-state index contributed by atoms with van der Waals surface area (Å²) in [4.78, 5) is 39.3. The molecule has 0 atom stereocenters. The van der Waals surface area contributed by atoms with Crippen molar-refractivity contribution in [2.45, 2.75) is 0 Å². The Morgan fingerprint density at radius 1 is 0.857 bits per heavy atom. The molecular weight excluding hydrogens is 495 g/mol. The summed E-state index contributed by atoms with van der Waals surface area (Å²) in [7, 11) is 2.88. The van der Waals surface area contributed by atoms with E-state index in [1.165, 1.54) is 32.4 Å². The highest BCUT2D eigenvalue weighted by Gasteiger charge is 2.40. The zero-order valence-electron chi connectivity index (χ0n) is 18.5.